The lowest BCUT2D eigenvalue weighted by Gasteiger charge is -2.01. The minimum atomic E-state index is 0.560. The normalized spacial score (nSPS) is 22.1. The van der Waals surface area contributed by atoms with Gasteiger partial charge >= 0.3 is 0 Å². The Balaban J connectivity index is 2.24. The van der Waals surface area contributed by atoms with E-state index in [2.05, 4.69) is 5.10 Å². The van der Waals surface area contributed by atoms with E-state index >= 15 is 0 Å². The summed E-state index contributed by atoms with van der Waals surface area (Å²) in [4.78, 5) is 10.6. The van der Waals surface area contributed by atoms with Crippen LogP contribution in [0, 0.1) is 0 Å². The van der Waals surface area contributed by atoms with Crippen molar-refractivity contribution in [1.82, 2.24) is 9.78 Å². The molecule has 0 radical (unpaired) electrons. The third kappa shape index (κ3) is 1.63. The Morgan fingerprint density at radius 3 is 3.15 bits per heavy atom. The maximum Gasteiger partial charge on any atom is 0.168 e. The van der Waals surface area contributed by atoms with Gasteiger partial charge < -0.3 is 0 Å². The van der Waals surface area contributed by atoms with E-state index in [1.165, 1.54) is 12.2 Å². The van der Waals surface area contributed by atoms with Crippen LogP contribution in [0.15, 0.2) is 6.07 Å². The van der Waals surface area contributed by atoms with Crippen molar-refractivity contribution in [3.05, 3.63) is 17.5 Å². The average molecular weight is 196 g/mol. The highest BCUT2D eigenvalue weighted by molar-refractivity contribution is 7.99. The fourth-order valence-electron chi connectivity index (χ4n) is 1.58. The van der Waals surface area contributed by atoms with E-state index in [-0.39, 0.29) is 0 Å². The Kier molecular flexibility index (Phi) is 2.40. The maximum atomic E-state index is 10.6. The van der Waals surface area contributed by atoms with Gasteiger partial charge in [0.05, 0.1) is 5.69 Å². The first-order valence-corrected chi connectivity index (χ1v) is 5.53. The molecule has 1 aliphatic rings. The number of hydrogen-bond acceptors (Lipinski definition) is 3. The highest BCUT2D eigenvalue weighted by atomic mass is 32.2. The van der Waals surface area contributed by atoms with Crippen LogP contribution in [0.1, 0.15) is 28.5 Å². The van der Waals surface area contributed by atoms with Gasteiger partial charge in [0.15, 0.2) is 6.29 Å². The van der Waals surface area contributed by atoms with Gasteiger partial charge in [0.2, 0.25) is 0 Å². The van der Waals surface area contributed by atoms with E-state index in [0.717, 1.165) is 17.7 Å². The van der Waals surface area contributed by atoms with Crippen molar-refractivity contribution in [3.63, 3.8) is 0 Å². The molecule has 1 fully saturated rings. The van der Waals surface area contributed by atoms with E-state index in [9.17, 15) is 4.79 Å². The molecule has 2 rings (SSSR count). The molecular formula is C9H12N2OS. The van der Waals surface area contributed by atoms with Crippen molar-refractivity contribution in [2.75, 3.05) is 11.5 Å². The summed E-state index contributed by atoms with van der Waals surface area (Å²) in [6.45, 7) is 0. The second kappa shape index (κ2) is 3.54. The van der Waals surface area contributed by atoms with Gasteiger partial charge in [0, 0.05) is 18.7 Å². The van der Waals surface area contributed by atoms with Gasteiger partial charge in [-0.05, 0) is 18.2 Å². The SMILES string of the molecule is Cn1nc(C2CCSC2)cc1C=O. The summed E-state index contributed by atoms with van der Waals surface area (Å²) < 4.78 is 1.66. The van der Waals surface area contributed by atoms with Crippen LogP contribution in [0.3, 0.4) is 0 Å². The summed E-state index contributed by atoms with van der Waals surface area (Å²) in [7, 11) is 1.81. The molecule has 0 saturated carbocycles. The standard InChI is InChI=1S/C9H12N2OS/c1-11-8(5-12)4-9(10-11)7-2-3-13-6-7/h4-5,7H,2-3,6H2,1H3. The van der Waals surface area contributed by atoms with Gasteiger partial charge in [-0.1, -0.05) is 0 Å². The monoisotopic (exact) mass is 196 g/mol. The number of aromatic nitrogens is 2. The van der Waals surface area contributed by atoms with E-state index in [0.29, 0.717) is 11.6 Å². The van der Waals surface area contributed by atoms with Crippen molar-refractivity contribution >= 4 is 18.0 Å². The predicted molar refractivity (Wildman–Crippen MR) is 53.3 cm³/mol. The van der Waals surface area contributed by atoms with E-state index in [1.54, 1.807) is 4.68 Å². The molecule has 0 spiro atoms. The molecule has 0 amide bonds. The van der Waals surface area contributed by atoms with Crippen molar-refractivity contribution < 1.29 is 4.79 Å². The van der Waals surface area contributed by atoms with Crippen LogP contribution < -0.4 is 0 Å². The first-order valence-electron chi connectivity index (χ1n) is 4.38. The molecule has 3 nitrogen and oxygen atoms in total. The Labute approximate surface area is 81.5 Å². The number of aryl methyl sites for hydroxylation is 1. The van der Waals surface area contributed by atoms with E-state index in [1.807, 2.05) is 24.9 Å². The Morgan fingerprint density at radius 1 is 1.77 bits per heavy atom. The molecule has 1 aromatic rings. The molecule has 0 aromatic carbocycles. The zero-order valence-corrected chi connectivity index (χ0v) is 8.38. The third-order valence-electron chi connectivity index (χ3n) is 2.40. The predicted octanol–water partition coefficient (Wildman–Crippen LogP) is 1.45. The molecule has 1 saturated heterocycles. The maximum absolute atomic E-state index is 10.6. The van der Waals surface area contributed by atoms with Crippen molar-refractivity contribution in [2.45, 2.75) is 12.3 Å². The smallest absolute Gasteiger partial charge is 0.168 e. The lowest BCUT2D eigenvalue weighted by molar-refractivity contribution is 0.111. The molecule has 4 heteroatoms. The van der Waals surface area contributed by atoms with Gasteiger partial charge in [0.1, 0.15) is 5.69 Å². The molecule has 0 N–H and O–H groups in total. The minimum Gasteiger partial charge on any atom is -0.296 e. The summed E-state index contributed by atoms with van der Waals surface area (Å²) in [6.07, 6.45) is 2.05. The Bertz CT molecular complexity index is 315. The fourth-order valence-corrected chi connectivity index (χ4v) is 2.82. The zero-order chi connectivity index (χ0) is 9.26. The Morgan fingerprint density at radius 2 is 2.62 bits per heavy atom. The van der Waals surface area contributed by atoms with Crippen LogP contribution in [-0.2, 0) is 7.05 Å². The largest absolute Gasteiger partial charge is 0.296 e. The summed E-state index contributed by atoms with van der Waals surface area (Å²) in [5.74, 6) is 2.93. The van der Waals surface area contributed by atoms with Crippen molar-refractivity contribution in [1.29, 1.82) is 0 Å². The minimum absolute atomic E-state index is 0.560. The molecule has 1 aromatic heterocycles. The van der Waals surface area contributed by atoms with Crippen LogP contribution in [0.2, 0.25) is 0 Å². The number of carbonyl (C=O) groups is 1. The topological polar surface area (TPSA) is 34.9 Å². The lowest BCUT2D eigenvalue weighted by atomic mass is 10.1. The molecule has 1 atom stereocenters. The highest BCUT2D eigenvalue weighted by Crippen LogP contribution is 2.31. The van der Waals surface area contributed by atoms with Crippen LogP contribution in [0.4, 0.5) is 0 Å². The number of rotatable bonds is 2. The summed E-state index contributed by atoms with van der Waals surface area (Å²) in [6, 6.07) is 1.91. The molecule has 0 bridgehead atoms. The second-order valence-corrected chi connectivity index (χ2v) is 4.45. The number of aldehydes is 1. The molecule has 2 heterocycles. The summed E-state index contributed by atoms with van der Waals surface area (Å²) in [5, 5.41) is 4.34. The molecular weight excluding hydrogens is 184 g/mol. The first-order chi connectivity index (χ1) is 6.31. The second-order valence-electron chi connectivity index (χ2n) is 3.30. The summed E-state index contributed by atoms with van der Waals surface area (Å²) >= 11 is 1.96. The molecule has 0 aliphatic carbocycles. The lowest BCUT2D eigenvalue weighted by Crippen LogP contribution is -1.99. The molecule has 1 unspecified atom stereocenters. The number of hydrogen-bond donors (Lipinski definition) is 0. The Hall–Kier alpha value is -0.770. The average Bonchev–Trinajstić information content (AvgIpc) is 2.71. The van der Waals surface area contributed by atoms with Crippen molar-refractivity contribution in [3.8, 4) is 0 Å². The van der Waals surface area contributed by atoms with E-state index < -0.39 is 0 Å². The first kappa shape index (κ1) is 8.81. The van der Waals surface area contributed by atoms with Gasteiger partial charge in [-0.15, -0.1) is 0 Å². The molecule has 70 valence electrons. The fraction of sp³-hybridized carbons (Fsp3) is 0.556. The van der Waals surface area contributed by atoms with Gasteiger partial charge in [0.25, 0.3) is 0 Å². The quantitative estimate of drug-likeness (QED) is 0.671. The van der Waals surface area contributed by atoms with Crippen LogP contribution in [0.5, 0.6) is 0 Å². The van der Waals surface area contributed by atoms with Crippen molar-refractivity contribution in [2.24, 2.45) is 7.05 Å². The van der Waals surface area contributed by atoms with E-state index in [4.69, 9.17) is 0 Å². The van der Waals surface area contributed by atoms with Crippen LogP contribution in [0.25, 0.3) is 0 Å². The summed E-state index contributed by atoms with van der Waals surface area (Å²) in [5.41, 5.74) is 1.75. The highest BCUT2D eigenvalue weighted by Gasteiger charge is 2.20. The van der Waals surface area contributed by atoms with Gasteiger partial charge in [-0.2, -0.15) is 16.9 Å². The van der Waals surface area contributed by atoms with Crippen LogP contribution >= 0.6 is 11.8 Å². The zero-order valence-electron chi connectivity index (χ0n) is 7.56. The van der Waals surface area contributed by atoms with Gasteiger partial charge in [-0.3, -0.25) is 9.48 Å². The van der Waals surface area contributed by atoms with Crippen LogP contribution in [-0.4, -0.2) is 27.6 Å². The molecule has 1 aliphatic heterocycles. The number of nitrogens with zero attached hydrogens (tertiary/aromatic N) is 2. The number of thioether (sulfide) groups is 1. The van der Waals surface area contributed by atoms with Gasteiger partial charge in [-0.25, -0.2) is 0 Å². The number of carbonyl (C=O) groups excluding carboxylic acids is 1. The third-order valence-corrected chi connectivity index (χ3v) is 3.57. The molecule has 13 heavy (non-hydrogen) atoms.